The SMILES string of the molecule is O=C1Nc2ccccc2CC12CC(c1ccccc1F)=NO2. The number of benzene rings is 2. The lowest BCUT2D eigenvalue weighted by atomic mass is 9.84. The van der Waals surface area contributed by atoms with E-state index in [9.17, 15) is 9.18 Å². The molecule has 0 aromatic heterocycles. The third kappa shape index (κ3) is 1.89. The molecule has 2 aliphatic rings. The van der Waals surface area contributed by atoms with Crippen LogP contribution < -0.4 is 5.32 Å². The van der Waals surface area contributed by atoms with Gasteiger partial charge in [0.2, 0.25) is 5.60 Å². The average Bonchev–Trinajstić information content (AvgIpc) is 2.94. The van der Waals surface area contributed by atoms with E-state index in [1.54, 1.807) is 18.2 Å². The highest BCUT2D eigenvalue weighted by Crippen LogP contribution is 2.37. The van der Waals surface area contributed by atoms with Crippen LogP contribution in [0, 0.1) is 5.82 Å². The van der Waals surface area contributed by atoms with Gasteiger partial charge in [-0.15, -0.1) is 0 Å². The minimum absolute atomic E-state index is 0.235. The molecule has 1 amide bonds. The second kappa shape index (κ2) is 4.66. The minimum Gasteiger partial charge on any atom is -0.378 e. The lowest BCUT2D eigenvalue weighted by Gasteiger charge is -2.31. The quantitative estimate of drug-likeness (QED) is 0.879. The number of nitrogens with one attached hydrogen (secondary N) is 1. The van der Waals surface area contributed by atoms with E-state index in [1.807, 2.05) is 24.3 Å². The van der Waals surface area contributed by atoms with E-state index in [0.29, 0.717) is 17.7 Å². The van der Waals surface area contributed by atoms with Crippen LogP contribution in [0.5, 0.6) is 0 Å². The predicted molar refractivity (Wildman–Crippen MR) is 80.1 cm³/mol. The zero-order chi connectivity index (χ0) is 15.2. The molecule has 22 heavy (non-hydrogen) atoms. The number of halogens is 1. The Morgan fingerprint density at radius 3 is 2.73 bits per heavy atom. The largest absolute Gasteiger partial charge is 0.378 e. The molecule has 4 nitrogen and oxygen atoms in total. The molecule has 5 heteroatoms. The Bertz CT molecular complexity index is 803. The van der Waals surface area contributed by atoms with Gasteiger partial charge in [-0.1, -0.05) is 41.6 Å². The molecule has 0 bridgehead atoms. The maximum atomic E-state index is 13.9. The van der Waals surface area contributed by atoms with Crippen molar-refractivity contribution in [1.29, 1.82) is 0 Å². The number of para-hydroxylation sites is 1. The molecule has 0 fully saturated rings. The lowest BCUT2D eigenvalue weighted by molar-refractivity contribution is -0.138. The fourth-order valence-corrected chi connectivity index (χ4v) is 2.95. The molecule has 0 saturated heterocycles. The highest BCUT2D eigenvalue weighted by atomic mass is 19.1. The van der Waals surface area contributed by atoms with E-state index < -0.39 is 5.60 Å². The fourth-order valence-electron chi connectivity index (χ4n) is 2.95. The Morgan fingerprint density at radius 2 is 1.86 bits per heavy atom. The molecule has 1 N–H and O–H groups in total. The van der Waals surface area contributed by atoms with Crippen LogP contribution in [-0.4, -0.2) is 17.2 Å². The van der Waals surface area contributed by atoms with Crippen molar-refractivity contribution in [3.05, 3.63) is 65.5 Å². The molecule has 1 atom stereocenters. The number of hydrogen-bond donors (Lipinski definition) is 1. The third-order valence-electron chi connectivity index (χ3n) is 4.12. The summed E-state index contributed by atoms with van der Waals surface area (Å²) in [5.41, 5.74) is 1.55. The van der Waals surface area contributed by atoms with Crippen LogP contribution in [-0.2, 0) is 16.1 Å². The molecular formula is C17H13FN2O2. The summed E-state index contributed by atoms with van der Waals surface area (Å²) in [6.45, 7) is 0. The first-order chi connectivity index (χ1) is 10.7. The number of nitrogens with zero attached hydrogens (tertiary/aromatic N) is 1. The van der Waals surface area contributed by atoms with Gasteiger partial charge in [-0.25, -0.2) is 4.39 Å². The van der Waals surface area contributed by atoms with Crippen molar-refractivity contribution in [3.63, 3.8) is 0 Å². The van der Waals surface area contributed by atoms with Crippen LogP contribution in [0.1, 0.15) is 17.5 Å². The van der Waals surface area contributed by atoms with Crippen LogP contribution >= 0.6 is 0 Å². The van der Waals surface area contributed by atoms with Crippen LogP contribution in [0.4, 0.5) is 10.1 Å². The van der Waals surface area contributed by atoms with Gasteiger partial charge >= 0.3 is 0 Å². The monoisotopic (exact) mass is 296 g/mol. The maximum Gasteiger partial charge on any atom is 0.272 e. The van der Waals surface area contributed by atoms with Gasteiger partial charge in [-0.3, -0.25) is 4.79 Å². The van der Waals surface area contributed by atoms with E-state index in [4.69, 9.17) is 4.84 Å². The first-order valence-corrected chi connectivity index (χ1v) is 7.07. The summed E-state index contributed by atoms with van der Waals surface area (Å²) in [5, 5.41) is 6.83. The number of carbonyl (C=O) groups is 1. The van der Waals surface area contributed by atoms with Gasteiger partial charge in [0.05, 0.1) is 5.71 Å². The number of rotatable bonds is 1. The van der Waals surface area contributed by atoms with Gasteiger partial charge in [0.15, 0.2) is 0 Å². The van der Waals surface area contributed by atoms with Gasteiger partial charge < -0.3 is 10.2 Å². The van der Waals surface area contributed by atoms with Crippen molar-refractivity contribution >= 4 is 17.3 Å². The smallest absolute Gasteiger partial charge is 0.272 e. The minimum atomic E-state index is -1.08. The Labute approximate surface area is 126 Å². The van der Waals surface area contributed by atoms with Crippen LogP contribution in [0.3, 0.4) is 0 Å². The van der Waals surface area contributed by atoms with Crippen molar-refractivity contribution in [1.82, 2.24) is 0 Å². The normalized spacial score (nSPS) is 22.8. The summed E-state index contributed by atoms with van der Waals surface area (Å²) < 4.78 is 13.9. The van der Waals surface area contributed by atoms with Gasteiger partial charge in [-0.05, 0) is 17.7 Å². The van der Waals surface area contributed by atoms with Crippen molar-refractivity contribution in [2.24, 2.45) is 5.16 Å². The Balaban J connectivity index is 1.66. The zero-order valence-corrected chi connectivity index (χ0v) is 11.7. The molecule has 1 spiro atoms. The number of anilines is 1. The molecule has 1 unspecified atom stereocenters. The molecule has 110 valence electrons. The molecule has 2 aromatic rings. The topological polar surface area (TPSA) is 50.7 Å². The first-order valence-electron chi connectivity index (χ1n) is 7.07. The van der Waals surface area contributed by atoms with E-state index in [0.717, 1.165) is 11.3 Å². The average molecular weight is 296 g/mol. The summed E-state index contributed by atoms with van der Waals surface area (Å²) in [7, 11) is 0. The van der Waals surface area contributed by atoms with Crippen LogP contribution in [0.25, 0.3) is 0 Å². The molecule has 2 heterocycles. The molecule has 0 radical (unpaired) electrons. The van der Waals surface area contributed by atoms with Gasteiger partial charge in [0, 0.05) is 24.1 Å². The Hall–Kier alpha value is -2.69. The summed E-state index contributed by atoms with van der Waals surface area (Å²) in [6, 6.07) is 14.0. The van der Waals surface area contributed by atoms with Crippen molar-refractivity contribution in [3.8, 4) is 0 Å². The first kappa shape index (κ1) is 13.0. The van der Waals surface area contributed by atoms with E-state index in [1.165, 1.54) is 6.07 Å². The number of amides is 1. The molecule has 2 aromatic carbocycles. The molecule has 2 aliphatic heterocycles. The third-order valence-corrected chi connectivity index (χ3v) is 4.12. The van der Waals surface area contributed by atoms with Crippen molar-refractivity contribution < 1.29 is 14.0 Å². The lowest BCUT2D eigenvalue weighted by Crippen LogP contribution is -2.48. The number of carbonyl (C=O) groups excluding carboxylic acids is 1. The van der Waals surface area contributed by atoms with E-state index in [2.05, 4.69) is 10.5 Å². The van der Waals surface area contributed by atoms with E-state index in [-0.39, 0.29) is 18.1 Å². The fraction of sp³-hybridized carbons (Fsp3) is 0.176. The highest BCUT2D eigenvalue weighted by Gasteiger charge is 2.49. The predicted octanol–water partition coefficient (Wildman–Crippen LogP) is 2.88. The van der Waals surface area contributed by atoms with Crippen molar-refractivity contribution in [2.45, 2.75) is 18.4 Å². The van der Waals surface area contributed by atoms with Crippen LogP contribution in [0.15, 0.2) is 53.7 Å². The standard InChI is InChI=1S/C17H13FN2O2/c18-13-7-3-2-6-12(13)15-10-17(22-20-15)9-11-5-1-4-8-14(11)19-16(17)21/h1-8H,9-10H2,(H,19,21). The number of fused-ring (bicyclic) bond motifs is 1. The highest BCUT2D eigenvalue weighted by molar-refractivity contribution is 6.09. The van der Waals surface area contributed by atoms with E-state index >= 15 is 0 Å². The zero-order valence-electron chi connectivity index (χ0n) is 11.7. The second-order valence-electron chi connectivity index (χ2n) is 5.57. The Kier molecular flexibility index (Phi) is 2.76. The molecular weight excluding hydrogens is 283 g/mol. The second-order valence-corrected chi connectivity index (χ2v) is 5.57. The maximum absolute atomic E-state index is 13.9. The van der Waals surface area contributed by atoms with Gasteiger partial charge in [0.25, 0.3) is 5.91 Å². The van der Waals surface area contributed by atoms with Gasteiger partial charge in [0.1, 0.15) is 5.82 Å². The summed E-state index contributed by atoms with van der Waals surface area (Å²) in [5.74, 6) is -0.597. The molecule has 0 aliphatic carbocycles. The van der Waals surface area contributed by atoms with Crippen molar-refractivity contribution in [2.75, 3.05) is 5.32 Å². The Morgan fingerprint density at radius 1 is 1.09 bits per heavy atom. The molecule has 0 saturated carbocycles. The molecule has 4 rings (SSSR count). The summed E-state index contributed by atoms with van der Waals surface area (Å²) in [4.78, 5) is 17.9. The number of hydrogen-bond acceptors (Lipinski definition) is 3. The van der Waals surface area contributed by atoms with Gasteiger partial charge in [-0.2, -0.15) is 0 Å². The summed E-state index contributed by atoms with van der Waals surface area (Å²) in [6.07, 6.45) is 0.685. The summed E-state index contributed by atoms with van der Waals surface area (Å²) >= 11 is 0. The number of oxime groups is 1. The van der Waals surface area contributed by atoms with Crippen LogP contribution in [0.2, 0.25) is 0 Å².